The Kier molecular flexibility index (Phi) is 3.88. The predicted octanol–water partition coefficient (Wildman–Crippen LogP) is 4.36. The lowest BCUT2D eigenvalue weighted by Crippen LogP contribution is -2.15. The molecule has 0 aromatic heterocycles. The van der Waals surface area contributed by atoms with Gasteiger partial charge in [-0.05, 0) is 47.9 Å². The summed E-state index contributed by atoms with van der Waals surface area (Å²) in [7, 11) is 0. The van der Waals surface area contributed by atoms with Crippen LogP contribution in [0.15, 0.2) is 18.2 Å². The van der Waals surface area contributed by atoms with Gasteiger partial charge in [0.25, 0.3) is 0 Å². The molecule has 1 N–H and O–H groups in total. The maximum Gasteiger partial charge on any atom is 0.0323 e. The van der Waals surface area contributed by atoms with Gasteiger partial charge in [-0.3, -0.25) is 0 Å². The summed E-state index contributed by atoms with van der Waals surface area (Å²) in [5.41, 5.74) is 4.54. The molecule has 0 radical (unpaired) electrons. The van der Waals surface area contributed by atoms with Gasteiger partial charge in [0.05, 0.1) is 0 Å². The highest BCUT2D eigenvalue weighted by molar-refractivity contribution is 5.38. The molecule has 94 valence electrons. The molecule has 17 heavy (non-hydrogen) atoms. The van der Waals surface area contributed by atoms with Crippen LogP contribution in [0.25, 0.3) is 0 Å². The standard InChI is InChI=1S/C16H25N/c1-11(2)13-7-8-14(12(3)4)15(10-13)16-6-5-9-17-16/h7-8,10-12,16-17H,5-6,9H2,1-4H3. The molecule has 1 aromatic carbocycles. The van der Waals surface area contributed by atoms with Gasteiger partial charge in [0.15, 0.2) is 0 Å². The second-order valence-electron chi connectivity index (χ2n) is 5.85. The molecule has 0 spiro atoms. The lowest BCUT2D eigenvalue weighted by Gasteiger charge is -2.20. The van der Waals surface area contributed by atoms with Crippen molar-refractivity contribution in [3.63, 3.8) is 0 Å². The van der Waals surface area contributed by atoms with Crippen LogP contribution >= 0.6 is 0 Å². The Bertz CT molecular complexity index is 373. The lowest BCUT2D eigenvalue weighted by molar-refractivity contribution is 0.631. The molecule has 0 aliphatic carbocycles. The Hall–Kier alpha value is -0.820. The van der Waals surface area contributed by atoms with Crippen molar-refractivity contribution in [1.82, 2.24) is 5.32 Å². The molecule has 1 fully saturated rings. The largest absolute Gasteiger partial charge is 0.310 e. The molecule has 0 saturated carbocycles. The summed E-state index contributed by atoms with van der Waals surface area (Å²) in [4.78, 5) is 0. The van der Waals surface area contributed by atoms with Crippen LogP contribution in [0.5, 0.6) is 0 Å². The van der Waals surface area contributed by atoms with Crippen LogP contribution in [0.3, 0.4) is 0 Å². The monoisotopic (exact) mass is 231 g/mol. The fourth-order valence-corrected chi connectivity index (χ4v) is 2.73. The van der Waals surface area contributed by atoms with E-state index in [4.69, 9.17) is 0 Å². The van der Waals surface area contributed by atoms with Crippen LogP contribution in [0.4, 0.5) is 0 Å². The molecule has 1 heteroatoms. The van der Waals surface area contributed by atoms with Crippen LogP contribution in [0.1, 0.15) is 75.1 Å². The molecule has 1 nitrogen and oxygen atoms in total. The zero-order valence-electron chi connectivity index (χ0n) is 11.6. The molecule has 1 saturated heterocycles. The van der Waals surface area contributed by atoms with Gasteiger partial charge >= 0.3 is 0 Å². The van der Waals surface area contributed by atoms with Crippen LogP contribution < -0.4 is 5.32 Å². The SMILES string of the molecule is CC(C)c1ccc(C(C)C)c(C2CCCN2)c1. The Labute approximate surface area is 106 Å². The highest BCUT2D eigenvalue weighted by atomic mass is 14.9. The normalized spacial score (nSPS) is 20.5. The van der Waals surface area contributed by atoms with Gasteiger partial charge in [0.2, 0.25) is 0 Å². The molecule has 1 aliphatic rings. The third kappa shape index (κ3) is 2.71. The van der Waals surface area contributed by atoms with Gasteiger partial charge in [-0.1, -0.05) is 45.9 Å². The van der Waals surface area contributed by atoms with Gasteiger partial charge < -0.3 is 5.32 Å². The van der Waals surface area contributed by atoms with Crippen molar-refractivity contribution in [2.75, 3.05) is 6.54 Å². The fraction of sp³-hybridized carbons (Fsp3) is 0.625. The first kappa shape index (κ1) is 12.6. The summed E-state index contributed by atoms with van der Waals surface area (Å²) in [6, 6.07) is 7.67. The molecular weight excluding hydrogens is 206 g/mol. The zero-order chi connectivity index (χ0) is 12.4. The van der Waals surface area contributed by atoms with E-state index in [1.165, 1.54) is 30.5 Å². The third-order valence-corrected chi connectivity index (χ3v) is 3.84. The quantitative estimate of drug-likeness (QED) is 0.815. The number of nitrogens with one attached hydrogen (secondary N) is 1. The second-order valence-corrected chi connectivity index (χ2v) is 5.85. The summed E-state index contributed by atoms with van der Waals surface area (Å²) in [5, 5.41) is 3.63. The van der Waals surface area contributed by atoms with Crippen LogP contribution in [-0.4, -0.2) is 6.54 Å². The van der Waals surface area contributed by atoms with Crippen LogP contribution in [0.2, 0.25) is 0 Å². The van der Waals surface area contributed by atoms with Gasteiger partial charge in [0, 0.05) is 6.04 Å². The summed E-state index contributed by atoms with van der Waals surface area (Å²) in [6.45, 7) is 10.3. The van der Waals surface area contributed by atoms with Gasteiger partial charge in [0.1, 0.15) is 0 Å². The van der Waals surface area contributed by atoms with Crippen molar-refractivity contribution in [1.29, 1.82) is 0 Å². The van der Waals surface area contributed by atoms with E-state index in [0.29, 0.717) is 17.9 Å². The highest BCUT2D eigenvalue weighted by Crippen LogP contribution is 2.32. The number of benzene rings is 1. The second kappa shape index (κ2) is 5.22. The molecule has 2 rings (SSSR count). The summed E-state index contributed by atoms with van der Waals surface area (Å²) >= 11 is 0. The maximum absolute atomic E-state index is 3.63. The van der Waals surface area contributed by atoms with E-state index < -0.39 is 0 Å². The zero-order valence-corrected chi connectivity index (χ0v) is 11.6. The van der Waals surface area contributed by atoms with E-state index in [1.54, 1.807) is 5.56 Å². The van der Waals surface area contributed by atoms with Crippen molar-refractivity contribution < 1.29 is 0 Å². The summed E-state index contributed by atoms with van der Waals surface area (Å²) in [5.74, 6) is 1.24. The maximum atomic E-state index is 3.63. The van der Waals surface area contributed by atoms with Crippen molar-refractivity contribution in [2.24, 2.45) is 0 Å². The number of hydrogen-bond donors (Lipinski definition) is 1. The van der Waals surface area contributed by atoms with Crippen molar-refractivity contribution >= 4 is 0 Å². The molecule has 0 bridgehead atoms. The predicted molar refractivity (Wildman–Crippen MR) is 74.6 cm³/mol. The van der Waals surface area contributed by atoms with Gasteiger partial charge in [-0.15, -0.1) is 0 Å². The Morgan fingerprint density at radius 1 is 1.12 bits per heavy atom. The average molecular weight is 231 g/mol. The van der Waals surface area contributed by atoms with E-state index >= 15 is 0 Å². The number of rotatable bonds is 3. The van der Waals surface area contributed by atoms with Gasteiger partial charge in [-0.2, -0.15) is 0 Å². The highest BCUT2D eigenvalue weighted by Gasteiger charge is 2.20. The molecule has 1 heterocycles. The molecule has 1 unspecified atom stereocenters. The minimum atomic E-state index is 0.589. The van der Waals surface area contributed by atoms with Crippen molar-refractivity contribution in [3.8, 4) is 0 Å². The first-order valence-corrected chi connectivity index (χ1v) is 6.96. The van der Waals surface area contributed by atoms with Crippen molar-refractivity contribution in [2.45, 2.75) is 58.4 Å². The fourth-order valence-electron chi connectivity index (χ4n) is 2.73. The molecule has 1 aliphatic heterocycles. The molecule has 1 aromatic rings. The third-order valence-electron chi connectivity index (χ3n) is 3.84. The smallest absolute Gasteiger partial charge is 0.0323 e. The Balaban J connectivity index is 2.39. The minimum Gasteiger partial charge on any atom is -0.310 e. The van der Waals surface area contributed by atoms with E-state index in [2.05, 4.69) is 51.2 Å². The van der Waals surface area contributed by atoms with Gasteiger partial charge in [-0.25, -0.2) is 0 Å². The lowest BCUT2D eigenvalue weighted by atomic mass is 9.88. The first-order valence-electron chi connectivity index (χ1n) is 6.96. The topological polar surface area (TPSA) is 12.0 Å². The Morgan fingerprint density at radius 2 is 1.88 bits per heavy atom. The van der Waals surface area contributed by atoms with Crippen LogP contribution in [0, 0.1) is 0 Å². The van der Waals surface area contributed by atoms with E-state index in [-0.39, 0.29) is 0 Å². The molecular formula is C16H25N. The van der Waals surface area contributed by atoms with E-state index in [9.17, 15) is 0 Å². The van der Waals surface area contributed by atoms with E-state index in [0.717, 1.165) is 0 Å². The first-order chi connectivity index (χ1) is 8.09. The summed E-state index contributed by atoms with van der Waals surface area (Å²) in [6.07, 6.45) is 2.61. The van der Waals surface area contributed by atoms with Crippen LogP contribution in [-0.2, 0) is 0 Å². The summed E-state index contributed by atoms with van der Waals surface area (Å²) < 4.78 is 0. The number of hydrogen-bond acceptors (Lipinski definition) is 1. The van der Waals surface area contributed by atoms with Crippen molar-refractivity contribution in [3.05, 3.63) is 34.9 Å². The minimum absolute atomic E-state index is 0.589. The van der Waals surface area contributed by atoms with E-state index in [1.807, 2.05) is 0 Å². The average Bonchev–Trinajstić information content (AvgIpc) is 2.81. The Morgan fingerprint density at radius 3 is 2.41 bits per heavy atom. The molecule has 1 atom stereocenters. The molecule has 0 amide bonds.